The summed E-state index contributed by atoms with van der Waals surface area (Å²) in [5.41, 5.74) is 0. The molecule has 0 amide bonds. The maximum absolute atomic E-state index is 5.93. The minimum absolute atomic E-state index is 0.475. The van der Waals surface area contributed by atoms with E-state index in [1.54, 1.807) is 0 Å². The van der Waals surface area contributed by atoms with Crippen LogP contribution in [0.15, 0.2) is 34.2 Å². The minimum atomic E-state index is 0.475. The lowest BCUT2D eigenvalue weighted by Gasteiger charge is -2.37. The third-order valence-electron chi connectivity index (χ3n) is 4.81. The molecule has 152 valence electrons. The Labute approximate surface area is 173 Å². The molecule has 1 aliphatic heterocycles. The first kappa shape index (κ1) is 22.3. The number of rotatable bonds is 9. The van der Waals surface area contributed by atoms with E-state index in [1.165, 1.54) is 18.0 Å². The van der Waals surface area contributed by atoms with Gasteiger partial charge < -0.3 is 15.5 Å². The number of likely N-dealkylation sites (N-methyl/N-ethyl adjacent to an activating group) is 1. The predicted molar refractivity (Wildman–Crippen MR) is 119 cm³/mol. The molecule has 1 heterocycles. The van der Waals surface area contributed by atoms with Crippen LogP contribution in [0.2, 0.25) is 5.02 Å². The zero-order valence-electron chi connectivity index (χ0n) is 16.9. The number of hydrogen-bond donors (Lipinski definition) is 2. The smallest absolute Gasteiger partial charge is 0.191 e. The highest BCUT2D eigenvalue weighted by atomic mass is 35.5. The quantitative estimate of drug-likeness (QED) is 0.283. The second kappa shape index (κ2) is 12.5. The van der Waals surface area contributed by atoms with Gasteiger partial charge in [-0.15, -0.1) is 11.8 Å². The van der Waals surface area contributed by atoms with Crippen molar-refractivity contribution >= 4 is 29.3 Å². The summed E-state index contributed by atoms with van der Waals surface area (Å²) in [6, 6.07) is 8.47. The lowest BCUT2D eigenvalue weighted by atomic mass is 10.2. The number of hydrogen-bond acceptors (Lipinski definition) is 4. The van der Waals surface area contributed by atoms with Gasteiger partial charge in [0.25, 0.3) is 0 Å². The SMILES string of the molecule is CCNC(=NCC(C)N1CCN(CC)CC1)NCCSc1ccc(Cl)cc1. The molecule has 1 atom stereocenters. The van der Waals surface area contributed by atoms with Gasteiger partial charge >= 0.3 is 0 Å². The van der Waals surface area contributed by atoms with Gasteiger partial charge in [-0.3, -0.25) is 9.89 Å². The van der Waals surface area contributed by atoms with Crippen LogP contribution in [0.4, 0.5) is 0 Å². The Morgan fingerprint density at radius 3 is 2.48 bits per heavy atom. The van der Waals surface area contributed by atoms with Crippen LogP contribution >= 0.6 is 23.4 Å². The molecule has 0 spiro atoms. The third-order valence-corrected chi connectivity index (χ3v) is 6.08. The van der Waals surface area contributed by atoms with Crippen molar-refractivity contribution in [3.63, 3.8) is 0 Å². The molecule has 2 N–H and O–H groups in total. The Morgan fingerprint density at radius 1 is 1.15 bits per heavy atom. The molecule has 1 unspecified atom stereocenters. The highest BCUT2D eigenvalue weighted by molar-refractivity contribution is 7.99. The minimum Gasteiger partial charge on any atom is -0.357 e. The van der Waals surface area contributed by atoms with Crippen molar-refractivity contribution in [2.24, 2.45) is 4.99 Å². The van der Waals surface area contributed by atoms with Gasteiger partial charge in [-0.05, 0) is 44.7 Å². The molecule has 1 aromatic rings. The molecule has 0 bridgehead atoms. The number of nitrogens with one attached hydrogen (secondary N) is 2. The van der Waals surface area contributed by atoms with Crippen LogP contribution in [-0.2, 0) is 0 Å². The lowest BCUT2D eigenvalue weighted by Crippen LogP contribution is -2.50. The van der Waals surface area contributed by atoms with Gasteiger partial charge in [-0.1, -0.05) is 18.5 Å². The van der Waals surface area contributed by atoms with E-state index in [0.29, 0.717) is 6.04 Å². The van der Waals surface area contributed by atoms with Crippen LogP contribution in [0, 0.1) is 0 Å². The molecule has 1 aromatic carbocycles. The van der Waals surface area contributed by atoms with E-state index in [2.05, 4.69) is 53.3 Å². The number of piperazine rings is 1. The molecular formula is C20H34ClN5S. The molecule has 0 aromatic heterocycles. The van der Waals surface area contributed by atoms with Crippen molar-refractivity contribution in [3.05, 3.63) is 29.3 Å². The summed E-state index contributed by atoms with van der Waals surface area (Å²) in [5, 5.41) is 7.57. The summed E-state index contributed by atoms with van der Waals surface area (Å²) in [4.78, 5) is 11.1. The maximum Gasteiger partial charge on any atom is 0.191 e. The first-order chi connectivity index (χ1) is 13.1. The van der Waals surface area contributed by atoms with Crippen LogP contribution in [0.1, 0.15) is 20.8 Å². The van der Waals surface area contributed by atoms with Crippen molar-refractivity contribution < 1.29 is 0 Å². The van der Waals surface area contributed by atoms with Crippen molar-refractivity contribution in [1.29, 1.82) is 0 Å². The number of thioether (sulfide) groups is 1. The zero-order valence-corrected chi connectivity index (χ0v) is 18.5. The topological polar surface area (TPSA) is 42.9 Å². The normalized spacial score (nSPS) is 17.7. The van der Waals surface area contributed by atoms with Crippen molar-refractivity contribution in [2.45, 2.75) is 31.7 Å². The van der Waals surface area contributed by atoms with Gasteiger partial charge in [0, 0.05) is 61.0 Å². The molecule has 2 rings (SSSR count). The number of guanidine groups is 1. The molecule has 5 nitrogen and oxygen atoms in total. The van der Waals surface area contributed by atoms with E-state index in [9.17, 15) is 0 Å². The molecule has 1 fully saturated rings. The highest BCUT2D eigenvalue weighted by Gasteiger charge is 2.19. The van der Waals surface area contributed by atoms with Crippen LogP contribution in [-0.4, -0.2) is 79.9 Å². The Morgan fingerprint density at radius 2 is 1.85 bits per heavy atom. The van der Waals surface area contributed by atoms with Gasteiger partial charge in [0.15, 0.2) is 5.96 Å². The first-order valence-electron chi connectivity index (χ1n) is 9.99. The average molecular weight is 412 g/mol. The Hall–Kier alpha value is -0.950. The van der Waals surface area contributed by atoms with E-state index in [-0.39, 0.29) is 0 Å². The van der Waals surface area contributed by atoms with E-state index in [0.717, 1.165) is 56.0 Å². The maximum atomic E-state index is 5.93. The molecule has 1 aliphatic rings. The molecule has 27 heavy (non-hydrogen) atoms. The standard InChI is InChI=1S/C20H34ClN5S/c1-4-22-20(23-10-15-27-19-8-6-18(21)7-9-19)24-16-17(3)26-13-11-25(5-2)12-14-26/h6-9,17H,4-5,10-16H2,1-3H3,(H2,22,23,24). The van der Waals surface area contributed by atoms with Gasteiger partial charge in [-0.2, -0.15) is 0 Å². The third kappa shape index (κ3) is 8.30. The Kier molecular flexibility index (Phi) is 10.3. The van der Waals surface area contributed by atoms with Crippen molar-refractivity contribution in [3.8, 4) is 0 Å². The number of aliphatic imine (C=N–C) groups is 1. The summed E-state index contributed by atoms with van der Waals surface area (Å²) in [6.07, 6.45) is 0. The molecule has 0 radical (unpaired) electrons. The van der Waals surface area contributed by atoms with Gasteiger partial charge in [0.05, 0.1) is 6.54 Å². The Balaban J connectivity index is 1.72. The van der Waals surface area contributed by atoms with Gasteiger partial charge in [-0.25, -0.2) is 0 Å². The number of nitrogens with zero attached hydrogens (tertiary/aromatic N) is 3. The van der Waals surface area contributed by atoms with Crippen LogP contribution in [0.5, 0.6) is 0 Å². The van der Waals surface area contributed by atoms with Crippen LogP contribution < -0.4 is 10.6 Å². The Bertz CT molecular complexity index is 558. The molecule has 7 heteroatoms. The highest BCUT2D eigenvalue weighted by Crippen LogP contribution is 2.19. The largest absolute Gasteiger partial charge is 0.357 e. The van der Waals surface area contributed by atoms with Gasteiger partial charge in [0.2, 0.25) is 0 Å². The number of halogens is 1. The van der Waals surface area contributed by atoms with E-state index in [1.807, 2.05) is 23.9 Å². The lowest BCUT2D eigenvalue weighted by molar-refractivity contribution is 0.109. The number of benzene rings is 1. The fourth-order valence-electron chi connectivity index (χ4n) is 3.07. The van der Waals surface area contributed by atoms with E-state index in [4.69, 9.17) is 16.6 Å². The second-order valence-electron chi connectivity index (χ2n) is 6.77. The van der Waals surface area contributed by atoms with Crippen LogP contribution in [0.3, 0.4) is 0 Å². The van der Waals surface area contributed by atoms with Crippen LogP contribution in [0.25, 0.3) is 0 Å². The first-order valence-corrected chi connectivity index (χ1v) is 11.4. The summed E-state index contributed by atoms with van der Waals surface area (Å²) in [6.45, 7) is 15.0. The molecule has 1 saturated heterocycles. The molecule has 0 saturated carbocycles. The predicted octanol–water partition coefficient (Wildman–Crippen LogP) is 3.01. The van der Waals surface area contributed by atoms with Crippen molar-refractivity contribution in [2.75, 3.05) is 58.1 Å². The summed E-state index contributed by atoms with van der Waals surface area (Å²) >= 11 is 7.75. The van der Waals surface area contributed by atoms with E-state index >= 15 is 0 Å². The zero-order chi connectivity index (χ0) is 19.5. The monoisotopic (exact) mass is 411 g/mol. The molecular weight excluding hydrogens is 378 g/mol. The van der Waals surface area contributed by atoms with Gasteiger partial charge in [0.1, 0.15) is 0 Å². The second-order valence-corrected chi connectivity index (χ2v) is 8.37. The fraction of sp³-hybridized carbons (Fsp3) is 0.650. The molecule has 0 aliphatic carbocycles. The average Bonchev–Trinajstić information content (AvgIpc) is 2.70. The summed E-state index contributed by atoms with van der Waals surface area (Å²) in [7, 11) is 0. The fourth-order valence-corrected chi connectivity index (χ4v) is 3.96. The van der Waals surface area contributed by atoms with E-state index < -0.39 is 0 Å². The summed E-state index contributed by atoms with van der Waals surface area (Å²) < 4.78 is 0. The van der Waals surface area contributed by atoms with Crippen molar-refractivity contribution in [1.82, 2.24) is 20.4 Å². The summed E-state index contributed by atoms with van der Waals surface area (Å²) in [5.74, 6) is 1.90.